The van der Waals surface area contributed by atoms with Crippen molar-refractivity contribution in [3.05, 3.63) is 88.7 Å². The number of hydrogen-bond donors (Lipinski definition) is 1. The zero-order valence-corrected chi connectivity index (χ0v) is 19.0. The Kier molecular flexibility index (Phi) is 5.04. The van der Waals surface area contributed by atoms with Crippen molar-refractivity contribution in [2.75, 3.05) is 0 Å². The second-order valence-electron chi connectivity index (χ2n) is 8.09. The van der Waals surface area contributed by atoms with E-state index in [4.69, 9.17) is 0 Å². The summed E-state index contributed by atoms with van der Waals surface area (Å²) in [5.74, 6) is 0.0921. The van der Waals surface area contributed by atoms with E-state index in [0.29, 0.717) is 0 Å². The summed E-state index contributed by atoms with van der Waals surface area (Å²) in [4.78, 5) is 28.9. The van der Waals surface area contributed by atoms with Crippen molar-refractivity contribution in [1.29, 1.82) is 0 Å². The quantitative estimate of drug-likeness (QED) is 0.180. The maximum absolute atomic E-state index is 13.9. The van der Waals surface area contributed by atoms with E-state index in [-0.39, 0.29) is 11.0 Å². The molecule has 1 aliphatic carbocycles. The minimum absolute atomic E-state index is 0.0921. The first-order chi connectivity index (χ1) is 15.8. The van der Waals surface area contributed by atoms with Gasteiger partial charge in [-0.25, -0.2) is 9.97 Å². The van der Waals surface area contributed by atoms with Crippen molar-refractivity contribution >= 4 is 50.0 Å². The molecule has 1 N–H and O–H groups in total. The van der Waals surface area contributed by atoms with Crippen LogP contribution in [0.4, 0.5) is 0 Å². The second-order valence-corrected chi connectivity index (χ2v) is 10.3. The molecule has 3 heterocycles. The highest BCUT2D eigenvalue weighted by molar-refractivity contribution is 8.00. The molecule has 0 amide bonds. The van der Waals surface area contributed by atoms with E-state index in [1.807, 2.05) is 60.8 Å². The molecule has 0 spiro atoms. The maximum atomic E-state index is 13.9. The van der Waals surface area contributed by atoms with E-state index >= 15 is 0 Å². The number of fused-ring (bicyclic) bond motifs is 4. The summed E-state index contributed by atoms with van der Waals surface area (Å²) in [6.07, 6.45) is 8.12. The van der Waals surface area contributed by atoms with Gasteiger partial charge in [-0.3, -0.25) is 4.79 Å². The third kappa shape index (κ3) is 3.34. The molecule has 5 aromatic rings. The van der Waals surface area contributed by atoms with Gasteiger partial charge in [0.05, 0.1) is 5.25 Å². The van der Waals surface area contributed by atoms with Crippen molar-refractivity contribution in [1.82, 2.24) is 15.0 Å². The lowest BCUT2D eigenvalue weighted by Crippen LogP contribution is -2.10. The Labute approximate surface area is 194 Å². The Balaban J connectivity index is 1.47. The highest BCUT2D eigenvalue weighted by Gasteiger charge is 2.28. The van der Waals surface area contributed by atoms with Gasteiger partial charge in [0.2, 0.25) is 0 Å². The fourth-order valence-electron chi connectivity index (χ4n) is 4.58. The summed E-state index contributed by atoms with van der Waals surface area (Å²) >= 11 is 3.35. The third-order valence-electron chi connectivity index (χ3n) is 6.14. The number of nitrogens with zero attached hydrogens (tertiary/aromatic N) is 2. The molecule has 0 radical (unpaired) electrons. The van der Waals surface area contributed by atoms with Crippen molar-refractivity contribution < 1.29 is 4.79 Å². The average molecular weight is 456 g/mol. The van der Waals surface area contributed by atoms with Gasteiger partial charge in [-0.15, -0.1) is 11.3 Å². The summed E-state index contributed by atoms with van der Waals surface area (Å²) in [7, 11) is 0. The number of nitrogens with one attached hydrogen (secondary N) is 1. The van der Waals surface area contributed by atoms with Gasteiger partial charge in [0.25, 0.3) is 0 Å². The number of rotatable bonds is 5. The second kappa shape index (κ2) is 8.19. The molecule has 2 aromatic carbocycles. The molecule has 32 heavy (non-hydrogen) atoms. The summed E-state index contributed by atoms with van der Waals surface area (Å²) in [5.41, 5.74) is 4.08. The van der Waals surface area contributed by atoms with Crippen LogP contribution in [-0.2, 0) is 12.8 Å². The van der Waals surface area contributed by atoms with Crippen LogP contribution in [0.1, 0.15) is 44.5 Å². The number of aryl methyl sites for hydroxylation is 2. The molecule has 158 valence electrons. The van der Waals surface area contributed by atoms with Gasteiger partial charge in [0, 0.05) is 32.9 Å². The van der Waals surface area contributed by atoms with Crippen LogP contribution in [0.15, 0.2) is 72.1 Å². The third-order valence-corrected chi connectivity index (χ3v) is 8.60. The Morgan fingerprint density at radius 1 is 1.00 bits per heavy atom. The first-order valence-electron chi connectivity index (χ1n) is 10.9. The Bertz CT molecular complexity index is 1440. The number of hydrogen-bond acceptors (Lipinski definition) is 5. The lowest BCUT2D eigenvalue weighted by Gasteiger charge is -2.17. The molecular weight excluding hydrogens is 434 g/mol. The molecule has 6 rings (SSSR count). The van der Waals surface area contributed by atoms with Crippen molar-refractivity contribution in [3.8, 4) is 0 Å². The first-order valence-corrected chi connectivity index (χ1v) is 12.6. The number of aromatic amines is 1. The topological polar surface area (TPSA) is 58.6 Å². The van der Waals surface area contributed by atoms with Gasteiger partial charge in [0.15, 0.2) is 5.78 Å². The Morgan fingerprint density at radius 3 is 2.72 bits per heavy atom. The van der Waals surface area contributed by atoms with Crippen LogP contribution in [0.2, 0.25) is 0 Å². The first kappa shape index (κ1) is 19.7. The molecule has 0 aliphatic heterocycles. The lowest BCUT2D eigenvalue weighted by atomic mass is 9.97. The van der Waals surface area contributed by atoms with Crippen LogP contribution in [-0.4, -0.2) is 20.7 Å². The molecule has 0 bridgehead atoms. The zero-order chi connectivity index (χ0) is 21.5. The smallest absolute Gasteiger partial charge is 0.182 e. The summed E-state index contributed by atoms with van der Waals surface area (Å²) in [5, 5.41) is 2.65. The largest absolute Gasteiger partial charge is 0.360 e. The van der Waals surface area contributed by atoms with Crippen LogP contribution in [0, 0.1) is 0 Å². The molecule has 1 atom stereocenters. The molecule has 6 heteroatoms. The molecule has 0 unspecified atom stereocenters. The molecule has 1 aliphatic rings. The number of thioether (sulfide) groups is 1. The van der Waals surface area contributed by atoms with E-state index < -0.39 is 0 Å². The normalized spacial score (nSPS) is 14.5. The summed E-state index contributed by atoms with van der Waals surface area (Å²) < 4.78 is 0. The molecule has 0 saturated heterocycles. The number of benzene rings is 2. The molecule has 4 nitrogen and oxygen atoms in total. The van der Waals surface area contributed by atoms with Gasteiger partial charge >= 0.3 is 0 Å². The minimum Gasteiger partial charge on any atom is -0.360 e. The van der Waals surface area contributed by atoms with Gasteiger partial charge in [0.1, 0.15) is 16.2 Å². The molecular formula is C26H21N3OS2. The van der Waals surface area contributed by atoms with Crippen LogP contribution in [0.25, 0.3) is 21.1 Å². The average Bonchev–Trinajstić information content (AvgIpc) is 3.44. The molecule has 0 fully saturated rings. The van der Waals surface area contributed by atoms with E-state index in [0.717, 1.165) is 50.1 Å². The monoisotopic (exact) mass is 455 g/mol. The number of para-hydroxylation sites is 1. The fourth-order valence-corrected chi connectivity index (χ4v) is 7.07. The minimum atomic E-state index is -0.382. The molecule has 3 aromatic heterocycles. The van der Waals surface area contributed by atoms with E-state index in [1.54, 1.807) is 29.4 Å². The molecule has 0 saturated carbocycles. The SMILES string of the molecule is O=C(c1c[nH]c2ccccc12)[C@@H](Sc1ncnc2sc3c(c12)CCCC3)c1ccccc1. The predicted molar refractivity (Wildman–Crippen MR) is 132 cm³/mol. The van der Waals surface area contributed by atoms with Crippen molar-refractivity contribution in [2.45, 2.75) is 36.0 Å². The zero-order valence-electron chi connectivity index (χ0n) is 17.4. The van der Waals surface area contributed by atoms with E-state index in [9.17, 15) is 4.79 Å². The van der Waals surface area contributed by atoms with E-state index in [2.05, 4.69) is 15.0 Å². The summed E-state index contributed by atoms with van der Waals surface area (Å²) in [6.45, 7) is 0. The number of ketones is 1. The number of thiophene rings is 1. The number of H-pyrrole nitrogens is 1. The van der Waals surface area contributed by atoms with Crippen LogP contribution in [0.5, 0.6) is 0 Å². The Morgan fingerprint density at radius 2 is 1.81 bits per heavy atom. The van der Waals surface area contributed by atoms with Crippen molar-refractivity contribution in [3.63, 3.8) is 0 Å². The highest BCUT2D eigenvalue weighted by atomic mass is 32.2. The van der Waals surface area contributed by atoms with Gasteiger partial charge in [-0.05, 0) is 42.9 Å². The van der Waals surface area contributed by atoms with Gasteiger partial charge < -0.3 is 4.98 Å². The van der Waals surface area contributed by atoms with Crippen molar-refractivity contribution in [2.24, 2.45) is 0 Å². The van der Waals surface area contributed by atoms with E-state index in [1.165, 1.54) is 23.3 Å². The van der Waals surface area contributed by atoms with Gasteiger partial charge in [-0.2, -0.15) is 0 Å². The standard InChI is InChI=1S/C26H21N3OS2/c30-23(19-14-27-20-12-6-4-10-17(19)20)24(16-8-2-1-3-9-16)32-26-22-18-11-5-7-13-21(18)31-25(22)28-15-29-26/h1-4,6,8-10,12,14-15,24,27H,5,7,11,13H2/t24-/m0/s1. The van der Waals surface area contributed by atoms with Crippen LogP contribution < -0.4 is 0 Å². The highest BCUT2D eigenvalue weighted by Crippen LogP contribution is 2.44. The lowest BCUT2D eigenvalue weighted by molar-refractivity contribution is 0.0991. The number of carbonyl (C=O) groups excluding carboxylic acids is 1. The Hall–Kier alpha value is -2.96. The number of carbonyl (C=O) groups is 1. The maximum Gasteiger partial charge on any atom is 0.182 e. The van der Waals surface area contributed by atoms with Crippen LogP contribution in [0.3, 0.4) is 0 Å². The summed E-state index contributed by atoms with van der Waals surface area (Å²) in [6, 6.07) is 18.0. The number of Topliss-reactive ketones (excluding diaryl/α,β-unsaturated/α-hetero) is 1. The number of aromatic nitrogens is 3. The van der Waals surface area contributed by atoms with Gasteiger partial charge in [-0.1, -0.05) is 60.3 Å². The predicted octanol–water partition coefficient (Wildman–Crippen LogP) is 6.77. The fraction of sp³-hybridized carbons (Fsp3) is 0.192. The van der Waals surface area contributed by atoms with Crippen LogP contribution >= 0.6 is 23.1 Å².